The molecule has 6 aromatic rings. The maximum atomic E-state index is 5.56. The van der Waals surface area contributed by atoms with Crippen LogP contribution in [0, 0.1) is 13.8 Å². The highest BCUT2D eigenvalue weighted by molar-refractivity contribution is 9.10. The molecule has 188 valence electrons. The summed E-state index contributed by atoms with van der Waals surface area (Å²) in [6, 6.07) is 29.5. The number of nitrogens with one attached hydrogen (secondary N) is 4. The number of aromatic nitrogens is 2. The average molecular weight is 580 g/mol. The van der Waals surface area contributed by atoms with Crippen molar-refractivity contribution in [3.63, 3.8) is 0 Å². The van der Waals surface area contributed by atoms with Gasteiger partial charge < -0.3 is 20.6 Å². The zero-order valence-electron chi connectivity index (χ0n) is 21.1. The molecule has 6 heteroatoms. The van der Waals surface area contributed by atoms with Crippen molar-refractivity contribution in [3.8, 4) is 0 Å². The van der Waals surface area contributed by atoms with Gasteiger partial charge >= 0.3 is 0 Å². The number of para-hydroxylation sites is 2. The lowest BCUT2D eigenvalue weighted by Crippen LogP contribution is -2.19. The third-order valence-electron chi connectivity index (χ3n) is 7.12. The molecular weight excluding hydrogens is 552 g/mol. The van der Waals surface area contributed by atoms with E-state index >= 15 is 0 Å². The molecule has 0 amide bonds. The summed E-state index contributed by atoms with van der Waals surface area (Å²) in [6.45, 7) is 4.30. The predicted octanol–water partition coefficient (Wildman–Crippen LogP) is 9.02. The van der Waals surface area contributed by atoms with Crippen molar-refractivity contribution in [2.75, 3.05) is 10.6 Å². The summed E-state index contributed by atoms with van der Waals surface area (Å²) in [6.07, 6.45) is 4.33. The number of halogens is 1. The zero-order valence-corrected chi connectivity index (χ0v) is 23.5. The molecule has 0 unspecified atom stereocenters. The molecule has 2 heterocycles. The maximum Gasteiger partial charge on any atom is 0.175 e. The van der Waals surface area contributed by atoms with E-state index in [4.69, 9.17) is 12.2 Å². The van der Waals surface area contributed by atoms with Crippen LogP contribution in [0.5, 0.6) is 0 Å². The summed E-state index contributed by atoms with van der Waals surface area (Å²) in [5, 5.41) is 9.60. The fourth-order valence-corrected chi connectivity index (χ4v) is 5.91. The van der Waals surface area contributed by atoms with Crippen molar-refractivity contribution >= 4 is 66.4 Å². The van der Waals surface area contributed by atoms with Crippen LogP contribution < -0.4 is 10.6 Å². The van der Waals surface area contributed by atoms with Crippen LogP contribution >= 0.6 is 28.1 Å². The van der Waals surface area contributed by atoms with Crippen LogP contribution in [0.15, 0.2) is 102 Å². The van der Waals surface area contributed by atoms with Gasteiger partial charge in [0.15, 0.2) is 5.11 Å². The van der Waals surface area contributed by atoms with Crippen LogP contribution in [0.2, 0.25) is 0 Å². The number of fused-ring (bicyclic) bond motifs is 2. The zero-order chi connectivity index (χ0) is 26.2. The van der Waals surface area contributed by atoms with E-state index in [0.717, 1.165) is 15.8 Å². The van der Waals surface area contributed by atoms with Crippen LogP contribution in [-0.4, -0.2) is 15.1 Å². The molecule has 0 saturated heterocycles. The Morgan fingerprint density at radius 3 is 1.84 bits per heavy atom. The number of H-pyrrole nitrogens is 2. The number of aromatic amines is 2. The number of aryl methyl sites for hydroxylation is 2. The van der Waals surface area contributed by atoms with Gasteiger partial charge in [0.1, 0.15) is 0 Å². The second kappa shape index (κ2) is 10.1. The molecule has 4 aromatic carbocycles. The fraction of sp³-hybridized carbons (Fsp3) is 0.0938. The normalized spacial score (nSPS) is 11.4. The maximum absolute atomic E-state index is 5.56. The first-order valence-electron chi connectivity index (χ1n) is 12.5. The Morgan fingerprint density at radius 1 is 0.711 bits per heavy atom. The molecule has 0 radical (unpaired) electrons. The number of hydrogen-bond acceptors (Lipinski definition) is 1. The lowest BCUT2D eigenvalue weighted by Gasteiger charge is -2.19. The van der Waals surface area contributed by atoms with Gasteiger partial charge in [0.2, 0.25) is 0 Å². The van der Waals surface area contributed by atoms with E-state index in [2.05, 4.69) is 123 Å². The van der Waals surface area contributed by atoms with Gasteiger partial charge in [-0.1, -0.05) is 70.5 Å². The third-order valence-corrected chi connectivity index (χ3v) is 7.82. The Hall–Kier alpha value is -3.87. The Bertz CT molecular complexity index is 1700. The van der Waals surface area contributed by atoms with E-state index in [1.165, 1.54) is 49.6 Å². The molecule has 0 atom stereocenters. The van der Waals surface area contributed by atoms with E-state index < -0.39 is 0 Å². The van der Waals surface area contributed by atoms with E-state index in [-0.39, 0.29) is 5.92 Å². The minimum atomic E-state index is 0.0573. The molecule has 38 heavy (non-hydrogen) atoms. The first kappa shape index (κ1) is 24.5. The number of hydrogen-bond donors (Lipinski definition) is 4. The topological polar surface area (TPSA) is 55.6 Å². The van der Waals surface area contributed by atoms with Gasteiger partial charge in [0, 0.05) is 56.0 Å². The van der Waals surface area contributed by atoms with Gasteiger partial charge in [-0.15, -0.1) is 0 Å². The molecule has 4 N–H and O–H groups in total. The van der Waals surface area contributed by atoms with E-state index in [1.54, 1.807) is 0 Å². The second-order valence-corrected chi connectivity index (χ2v) is 11.0. The number of benzene rings is 4. The first-order chi connectivity index (χ1) is 18.5. The Morgan fingerprint density at radius 2 is 1.26 bits per heavy atom. The van der Waals surface area contributed by atoms with Crippen molar-refractivity contribution in [3.05, 3.63) is 130 Å². The van der Waals surface area contributed by atoms with Gasteiger partial charge in [-0.2, -0.15) is 0 Å². The van der Waals surface area contributed by atoms with Crippen molar-refractivity contribution in [2.45, 2.75) is 19.8 Å². The molecular formula is C32H27BrN4S. The minimum Gasteiger partial charge on any atom is -0.361 e. The van der Waals surface area contributed by atoms with E-state index in [9.17, 15) is 0 Å². The first-order valence-corrected chi connectivity index (χ1v) is 13.7. The number of rotatable bonds is 5. The Labute approximate surface area is 235 Å². The molecule has 0 aliphatic carbocycles. The third kappa shape index (κ3) is 4.62. The highest BCUT2D eigenvalue weighted by atomic mass is 79.9. The molecule has 4 nitrogen and oxygen atoms in total. The highest BCUT2D eigenvalue weighted by Crippen LogP contribution is 2.40. The van der Waals surface area contributed by atoms with Gasteiger partial charge in [-0.25, -0.2) is 0 Å². The molecule has 0 spiro atoms. The quantitative estimate of drug-likeness (QED) is 0.154. The summed E-state index contributed by atoms with van der Waals surface area (Å²) in [5.74, 6) is 0.0573. The van der Waals surface area contributed by atoms with Gasteiger partial charge in [-0.05, 0) is 84.2 Å². The fourth-order valence-electron chi connectivity index (χ4n) is 5.28. The van der Waals surface area contributed by atoms with Gasteiger partial charge in [-0.3, -0.25) is 0 Å². The lowest BCUT2D eigenvalue weighted by molar-refractivity contribution is 0.998. The summed E-state index contributed by atoms with van der Waals surface area (Å²) >= 11 is 9.06. The molecule has 0 bridgehead atoms. The minimum absolute atomic E-state index is 0.0573. The predicted molar refractivity (Wildman–Crippen MR) is 167 cm³/mol. The van der Waals surface area contributed by atoms with Crippen LogP contribution in [0.1, 0.15) is 33.7 Å². The van der Waals surface area contributed by atoms with Crippen molar-refractivity contribution in [1.82, 2.24) is 9.97 Å². The second-order valence-electron chi connectivity index (χ2n) is 9.63. The van der Waals surface area contributed by atoms with E-state index in [0.29, 0.717) is 5.11 Å². The molecule has 2 aromatic heterocycles. The van der Waals surface area contributed by atoms with Crippen molar-refractivity contribution < 1.29 is 0 Å². The largest absolute Gasteiger partial charge is 0.361 e. The summed E-state index contributed by atoms with van der Waals surface area (Å²) < 4.78 is 1.00. The Balaban J connectivity index is 1.37. The van der Waals surface area contributed by atoms with Gasteiger partial charge in [0.25, 0.3) is 0 Å². The monoisotopic (exact) mass is 578 g/mol. The smallest absolute Gasteiger partial charge is 0.175 e. The standard InChI is InChI=1S/C32H27BrN4S/c1-19-6-3-10-25-27(17-34-30(19)25)29(28-18-35-31-20(2)7-4-11-26(28)31)21-12-14-23(15-13-21)36-32(38)37-24-9-5-8-22(33)16-24/h3-18,29,34-35H,1-2H3,(H2,36,37,38). The van der Waals surface area contributed by atoms with Crippen LogP contribution in [0.3, 0.4) is 0 Å². The van der Waals surface area contributed by atoms with Crippen LogP contribution in [-0.2, 0) is 0 Å². The molecule has 0 fully saturated rings. The van der Waals surface area contributed by atoms with Crippen molar-refractivity contribution in [2.24, 2.45) is 0 Å². The van der Waals surface area contributed by atoms with Crippen molar-refractivity contribution in [1.29, 1.82) is 0 Å². The lowest BCUT2D eigenvalue weighted by atomic mass is 9.84. The molecule has 0 saturated carbocycles. The number of anilines is 2. The van der Waals surface area contributed by atoms with Crippen LogP contribution in [0.25, 0.3) is 21.8 Å². The number of thiocarbonyl (C=S) groups is 1. The summed E-state index contributed by atoms with van der Waals surface area (Å²) in [7, 11) is 0. The summed E-state index contributed by atoms with van der Waals surface area (Å²) in [4.78, 5) is 7.08. The SMILES string of the molecule is Cc1cccc2c(C(c3ccc(NC(=S)Nc4cccc(Br)c4)cc3)c3c[nH]c4c(C)cccc34)c[nH]c12. The Kier molecular flexibility index (Phi) is 6.52. The average Bonchev–Trinajstić information content (AvgIpc) is 3.52. The van der Waals surface area contributed by atoms with Crippen LogP contribution in [0.4, 0.5) is 11.4 Å². The molecule has 0 aliphatic rings. The molecule has 6 rings (SSSR count). The summed E-state index contributed by atoms with van der Waals surface area (Å²) in [5.41, 5.74) is 10.5. The van der Waals surface area contributed by atoms with E-state index in [1.807, 2.05) is 24.3 Å². The molecule has 0 aliphatic heterocycles. The highest BCUT2D eigenvalue weighted by Gasteiger charge is 2.24. The van der Waals surface area contributed by atoms with Gasteiger partial charge in [0.05, 0.1) is 0 Å².